The molecule has 0 N–H and O–H groups in total. The Morgan fingerprint density at radius 3 is 2.44 bits per heavy atom. The molecule has 0 spiro atoms. The minimum Gasteiger partial charge on any atom is -0.464 e. The zero-order valence-electron chi connectivity index (χ0n) is 14.1. The third kappa shape index (κ3) is 3.63. The maximum atomic E-state index is 13.2. The fourth-order valence-corrected chi connectivity index (χ4v) is 5.88. The molecule has 0 aliphatic heterocycles. The fraction of sp³-hybridized carbons (Fsp3) is 0.526. The summed E-state index contributed by atoms with van der Waals surface area (Å²) in [6, 6.07) is 6.02. The van der Waals surface area contributed by atoms with Gasteiger partial charge in [-0.15, -0.1) is 0 Å². The molecule has 1 atom stereocenters. The lowest BCUT2D eigenvalue weighted by molar-refractivity contribution is -0.148. The van der Waals surface area contributed by atoms with Gasteiger partial charge in [0.1, 0.15) is 0 Å². The first kappa shape index (κ1) is 18.5. The monoisotopic (exact) mass is 382 g/mol. The number of hydrogen-bond acceptors (Lipinski definition) is 4. The summed E-state index contributed by atoms with van der Waals surface area (Å²) in [6.07, 6.45) is 9.13. The van der Waals surface area contributed by atoms with Gasteiger partial charge < -0.3 is 4.74 Å². The standard InChI is InChI=1S/C19H23ClO4S/c20-16-8-10-17(11-9-16)25(22,23)19(12-4-5-13-19)18(21)24-14-15-6-2-1-3-7-15/h1-2,8-11,15H,3-7,12-14H2. The van der Waals surface area contributed by atoms with Crippen LogP contribution < -0.4 is 0 Å². The maximum Gasteiger partial charge on any atom is 0.327 e. The van der Waals surface area contributed by atoms with E-state index in [2.05, 4.69) is 12.2 Å². The van der Waals surface area contributed by atoms with E-state index >= 15 is 0 Å². The second kappa shape index (κ2) is 7.50. The average Bonchev–Trinajstić information content (AvgIpc) is 3.13. The minimum atomic E-state index is -3.82. The number of hydrogen-bond donors (Lipinski definition) is 0. The molecule has 136 valence electrons. The van der Waals surface area contributed by atoms with Crippen molar-refractivity contribution in [3.63, 3.8) is 0 Å². The van der Waals surface area contributed by atoms with Crippen molar-refractivity contribution in [1.29, 1.82) is 0 Å². The van der Waals surface area contributed by atoms with Crippen LogP contribution in [0.2, 0.25) is 5.02 Å². The number of rotatable bonds is 5. The molecule has 25 heavy (non-hydrogen) atoms. The van der Waals surface area contributed by atoms with Gasteiger partial charge in [0.2, 0.25) is 0 Å². The summed E-state index contributed by atoms with van der Waals surface area (Å²) in [4.78, 5) is 13.0. The molecular weight excluding hydrogens is 360 g/mol. The quantitative estimate of drug-likeness (QED) is 0.561. The van der Waals surface area contributed by atoms with Gasteiger partial charge >= 0.3 is 5.97 Å². The lowest BCUT2D eigenvalue weighted by atomic mass is 9.95. The first-order chi connectivity index (χ1) is 12.0. The van der Waals surface area contributed by atoms with Crippen LogP contribution in [0, 0.1) is 5.92 Å². The van der Waals surface area contributed by atoms with E-state index in [1.807, 2.05) is 0 Å². The van der Waals surface area contributed by atoms with Crippen LogP contribution in [0.25, 0.3) is 0 Å². The Kier molecular flexibility index (Phi) is 5.54. The van der Waals surface area contributed by atoms with Crippen molar-refractivity contribution in [1.82, 2.24) is 0 Å². The second-order valence-corrected chi connectivity index (χ2v) is 9.60. The molecule has 0 saturated heterocycles. The zero-order valence-corrected chi connectivity index (χ0v) is 15.7. The Hall–Kier alpha value is -1.33. The zero-order chi connectivity index (χ0) is 17.9. The van der Waals surface area contributed by atoms with Crippen molar-refractivity contribution in [3.05, 3.63) is 41.4 Å². The molecule has 4 nitrogen and oxygen atoms in total. The summed E-state index contributed by atoms with van der Waals surface area (Å²) < 4.78 is 30.5. The third-order valence-corrected chi connectivity index (χ3v) is 8.00. The predicted molar refractivity (Wildman–Crippen MR) is 97.3 cm³/mol. The second-order valence-electron chi connectivity index (χ2n) is 6.91. The normalized spacial score (nSPS) is 22.7. The smallest absolute Gasteiger partial charge is 0.327 e. The van der Waals surface area contributed by atoms with Crippen molar-refractivity contribution in [2.24, 2.45) is 5.92 Å². The predicted octanol–water partition coefficient (Wildman–Crippen LogP) is 4.33. The molecule has 2 aliphatic rings. The average molecular weight is 383 g/mol. The SMILES string of the molecule is O=C(OCC1CC=CCC1)C1(S(=O)(=O)c2ccc(Cl)cc2)CCCC1. The number of sulfone groups is 1. The van der Waals surface area contributed by atoms with E-state index < -0.39 is 20.6 Å². The molecular formula is C19H23ClO4S. The Morgan fingerprint density at radius 1 is 1.16 bits per heavy atom. The van der Waals surface area contributed by atoms with Crippen LogP contribution in [-0.4, -0.2) is 25.7 Å². The van der Waals surface area contributed by atoms with Gasteiger partial charge in [-0.3, -0.25) is 4.79 Å². The highest BCUT2D eigenvalue weighted by molar-refractivity contribution is 7.93. The van der Waals surface area contributed by atoms with Crippen molar-refractivity contribution >= 4 is 27.4 Å². The number of carbonyl (C=O) groups excluding carboxylic acids is 1. The van der Waals surface area contributed by atoms with Crippen LogP contribution >= 0.6 is 11.6 Å². The van der Waals surface area contributed by atoms with Crippen LogP contribution in [0.3, 0.4) is 0 Å². The number of halogens is 1. The first-order valence-electron chi connectivity index (χ1n) is 8.78. The van der Waals surface area contributed by atoms with Gasteiger partial charge in [-0.25, -0.2) is 8.42 Å². The van der Waals surface area contributed by atoms with E-state index in [4.69, 9.17) is 16.3 Å². The largest absolute Gasteiger partial charge is 0.464 e. The molecule has 0 bridgehead atoms. The van der Waals surface area contributed by atoms with Crippen LogP contribution in [0.4, 0.5) is 0 Å². The molecule has 1 fully saturated rings. The van der Waals surface area contributed by atoms with Gasteiger partial charge in [0.15, 0.2) is 14.6 Å². The molecule has 0 amide bonds. The van der Waals surface area contributed by atoms with Crippen molar-refractivity contribution in [2.75, 3.05) is 6.61 Å². The Balaban J connectivity index is 1.81. The Labute approximate surface area is 154 Å². The molecule has 0 heterocycles. The van der Waals surface area contributed by atoms with E-state index in [0.717, 1.165) is 19.3 Å². The highest BCUT2D eigenvalue weighted by Crippen LogP contribution is 2.42. The van der Waals surface area contributed by atoms with Gasteiger partial charge in [-0.2, -0.15) is 0 Å². The summed E-state index contributed by atoms with van der Waals surface area (Å²) in [6.45, 7) is 0.293. The maximum absolute atomic E-state index is 13.2. The summed E-state index contributed by atoms with van der Waals surface area (Å²) in [5.74, 6) is -0.305. The molecule has 2 aliphatic carbocycles. The fourth-order valence-electron chi connectivity index (χ4n) is 3.70. The summed E-state index contributed by atoms with van der Waals surface area (Å²) >= 11 is 5.86. The molecule has 6 heteroatoms. The summed E-state index contributed by atoms with van der Waals surface area (Å²) in [7, 11) is -3.82. The lowest BCUT2D eigenvalue weighted by Gasteiger charge is -2.28. The molecule has 0 aromatic heterocycles. The van der Waals surface area contributed by atoms with Crippen LogP contribution in [0.15, 0.2) is 41.3 Å². The summed E-state index contributed by atoms with van der Waals surface area (Å²) in [5.41, 5.74) is 0. The molecule has 1 unspecified atom stereocenters. The first-order valence-corrected chi connectivity index (χ1v) is 10.6. The topological polar surface area (TPSA) is 60.4 Å². The third-order valence-electron chi connectivity index (χ3n) is 5.25. The summed E-state index contributed by atoms with van der Waals surface area (Å²) in [5, 5.41) is 0.465. The van der Waals surface area contributed by atoms with Crippen LogP contribution in [0.5, 0.6) is 0 Å². The van der Waals surface area contributed by atoms with Crippen molar-refractivity contribution < 1.29 is 17.9 Å². The Bertz CT molecular complexity index is 746. The highest BCUT2D eigenvalue weighted by atomic mass is 35.5. The van der Waals surface area contributed by atoms with Crippen molar-refractivity contribution in [2.45, 2.75) is 54.6 Å². The van der Waals surface area contributed by atoms with Gasteiger partial charge in [0, 0.05) is 5.02 Å². The highest BCUT2D eigenvalue weighted by Gasteiger charge is 2.54. The Morgan fingerprint density at radius 2 is 1.84 bits per heavy atom. The van der Waals surface area contributed by atoms with E-state index in [0.29, 0.717) is 37.3 Å². The molecule has 3 rings (SSSR count). The lowest BCUT2D eigenvalue weighted by Crippen LogP contribution is -2.45. The van der Waals surface area contributed by atoms with Crippen LogP contribution in [0.1, 0.15) is 44.9 Å². The molecule has 1 aromatic carbocycles. The van der Waals surface area contributed by atoms with E-state index in [9.17, 15) is 13.2 Å². The van der Waals surface area contributed by atoms with E-state index in [1.165, 1.54) is 24.3 Å². The molecule has 1 saturated carbocycles. The minimum absolute atomic E-state index is 0.136. The van der Waals surface area contributed by atoms with E-state index in [1.54, 1.807) is 0 Å². The molecule has 0 radical (unpaired) electrons. The number of benzene rings is 1. The van der Waals surface area contributed by atoms with Gasteiger partial charge in [-0.1, -0.05) is 36.6 Å². The van der Waals surface area contributed by atoms with Gasteiger partial charge in [-0.05, 0) is 62.3 Å². The molecule has 1 aromatic rings. The van der Waals surface area contributed by atoms with Gasteiger partial charge in [0.25, 0.3) is 0 Å². The van der Waals surface area contributed by atoms with Crippen molar-refractivity contribution in [3.8, 4) is 0 Å². The number of carbonyl (C=O) groups is 1. The number of esters is 1. The van der Waals surface area contributed by atoms with Gasteiger partial charge in [0.05, 0.1) is 11.5 Å². The van der Waals surface area contributed by atoms with Crippen LogP contribution in [-0.2, 0) is 19.4 Å². The number of ether oxygens (including phenoxy) is 1. The van der Waals surface area contributed by atoms with E-state index in [-0.39, 0.29) is 10.8 Å². The number of allylic oxidation sites excluding steroid dienone is 2.